The third-order valence-electron chi connectivity index (χ3n) is 4.66. The van der Waals surface area contributed by atoms with E-state index < -0.39 is 11.2 Å². The van der Waals surface area contributed by atoms with Crippen molar-refractivity contribution in [1.29, 1.82) is 0 Å². The van der Waals surface area contributed by atoms with Crippen LogP contribution in [-0.2, 0) is 7.05 Å². The number of rotatable bonds is 3. The quantitative estimate of drug-likeness (QED) is 0.521. The molecule has 0 spiro atoms. The number of aromatic amines is 1. The van der Waals surface area contributed by atoms with E-state index in [1.165, 1.54) is 4.68 Å². The molecule has 0 aliphatic heterocycles. The molecule has 10 nitrogen and oxygen atoms in total. The number of aryl methyl sites for hydroxylation is 3. The van der Waals surface area contributed by atoms with Crippen LogP contribution >= 0.6 is 0 Å². The van der Waals surface area contributed by atoms with Gasteiger partial charge < -0.3 is 10.5 Å². The molecule has 4 rings (SSSR count). The molecule has 2 aromatic heterocycles. The summed E-state index contributed by atoms with van der Waals surface area (Å²) >= 11 is 0. The first-order valence-corrected chi connectivity index (χ1v) is 9.01. The zero-order valence-corrected chi connectivity index (χ0v) is 16.5. The Hall–Kier alpha value is -4.21. The number of anilines is 1. The van der Waals surface area contributed by atoms with Gasteiger partial charge in [0.15, 0.2) is 0 Å². The number of nitrogens with one attached hydrogen (secondary N) is 1. The first kappa shape index (κ1) is 19.1. The van der Waals surface area contributed by atoms with Crippen molar-refractivity contribution >= 4 is 16.6 Å². The lowest BCUT2D eigenvalue weighted by molar-refractivity contribution is 0.441. The van der Waals surface area contributed by atoms with Crippen LogP contribution in [0.2, 0.25) is 0 Å². The summed E-state index contributed by atoms with van der Waals surface area (Å²) in [5.74, 6) is 0.502. The van der Waals surface area contributed by atoms with Crippen LogP contribution in [0.4, 0.5) is 5.82 Å². The summed E-state index contributed by atoms with van der Waals surface area (Å²) in [6.45, 7) is 3.60. The molecule has 152 valence electrons. The zero-order chi connectivity index (χ0) is 21.6. The SMILES string of the molecule is Cc1cc(-n2nc(N)c(=O)[nH]c2=O)cc(C)c1Oc1nn(C)c(=O)c2ccccc12. The van der Waals surface area contributed by atoms with E-state index in [2.05, 4.69) is 15.2 Å². The van der Waals surface area contributed by atoms with E-state index in [4.69, 9.17) is 10.5 Å². The summed E-state index contributed by atoms with van der Waals surface area (Å²) in [5.41, 5.74) is 5.69. The molecule has 0 saturated heterocycles. The minimum atomic E-state index is -0.739. The normalized spacial score (nSPS) is 11.0. The molecule has 3 N–H and O–H groups in total. The molecular weight excluding hydrogens is 388 g/mol. The molecule has 0 atom stereocenters. The minimum absolute atomic E-state index is 0.220. The van der Waals surface area contributed by atoms with Crippen LogP contribution < -0.4 is 27.3 Å². The summed E-state index contributed by atoms with van der Waals surface area (Å²) in [6, 6.07) is 10.4. The summed E-state index contributed by atoms with van der Waals surface area (Å²) in [6.07, 6.45) is 0. The van der Waals surface area contributed by atoms with Gasteiger partial charge in [0.25, 0.3) is 11.1 Å². The Morgan fingerprint density at radius 3 is 2.30 bits per heavy atom. The number of nitrogen functional groups attached to an aromatic ring is 1. The van der Waals surface area contributed by atoms with Gasteiger partial charge in [0.2, 0.25) is 11.7 Å². The van der Waals surface area contributed by atoms with Gasteiger partial charge in [-0.1, -0.05) is 12.1 Å². The number of nitrogens with zero attached hydrogens (tertiary/aromatic N) is 4. The molecule has 10 heteroatoms. The van der Waals surface area contributed by atoms with Crippen molar-refractivity contribution < 1.29 is 4.74 Å². The van der Waals surface area contributed by atoms with Crippen molar-refractivity contribution in [2.24, 2.45) is 7.05 Å². The van der Waals surface area contributed by atoms with Crippen molar-refractivity contribution in [1.82, 2.24) is 24.5 Å². The van der Waals surface area contributed by atoms with Crippen molar-refractivity contribution in [3.63, 3.8) is 0 Å². The molecule has 0 amide bonds. The highest BCUT2D eigenvalue weighted by molar-refractivity contribution is 5.86. The maximum Gasteiger partial charge on any atom is 0.349 e. The summed E-state index contributed by atoms with van der Waals surface area (Å²) in [4.78, 5) is 38.0. The Morgan fingerprint density at radius 2 is 1.63 bits per heavy atom. The smallest absolute Gasteiger partial charge is 0.349 e. The van der Waals surface area contributed by atoms with Crippen LogP contribution in [-0.4, -0.2) is 24.5 Å². The fourth-order valence-corrected chi connectivity index (χ4v) is 3.24. The minimum Gasteiger partial charge on any atom is -0.437 e. The molecule has 0 aliphatic carbocycles. The predicted molar refractivity (Wildman–Crippen MR) is 111 cm³/mol. The van der Waals surface area contributed by atoms with E-state index in [1.807, 2.05) is 0 Å². The maximum atomic E-state index is 12.3. The Balaban J connectivity index is 1.84. The second-order valence-corrected chi connectivity index (χ2v) is 6.85. The van der Waals surface area contributed by atoms with E-state index in [9.17, 15) is 14.4 Å². The lowest BCUT2D eigenvalue weighted by Gasteiger charge is -2.15. The Bertz CT molecular complexity index is 1460. The summed E-state index contributed by atoms with van der Waals surface area (Å²) in [7, 11) is 1.56. The molecule has 4 aromatic rings. The van der Waals surface area contributed by atoms with Crippen LogP contribution in [0.3, 0.4) is 0 Å². The molecule has 30 heavy (non-hydrogen) atoms. The van der Waals surface area contributed by atoms with E-state index in [0.717, 1.165) is 4.68 Å². The third kappa shape index (κ3) is 3.13. The van der Waals surface area contributed by atoms with Gasteiger partial charge in [0, 0.05) is 7.05 Å². The van der Waals surface area contributed by atoms with Crippen molar-refractivity contribution in [3.8, 4) is 17.3 Å². The molecule has 2 aromatic carbocycles. The van der Waals surface area contributed by atoms with Gasteiger partial charge in [-0.2, -0.15) is 4.68 Å². The highest BCUT2D eigenvalue weighted by Gasteiger charge is 2.15. The molecule has 0 saturated carbocycles. The van der Waals surface area contributed by atoms with Crippen molar-refractivity contribution in [2.75, 3.05) is 5.73 Å². The molecule has 2 heterocycles. The van der Waals surface area contributed by atoms with E-state index in [1.54, 1.807) is 57.3 Å². The fourth-order valence-electron chi connectivity index (χ4n) is 3.24. The monoisotopic (exact) mass is 406 g/mol. The van der Waals surface area contributed by atoms with Gasteiger partial charge in [0.05, 0.1) is 16.5 Å². The van der Waals surface area contributed by atoms with Crippen LogP contribution in [0.5, 0.6) is 11.6 Å². The first-order chi connectivity index (χ1) is 14.3. The number of benzene rings is 2. The number of hydrogen-bond donors (Lipinski definition) is 2. The van der Waals surface area contributed by atoms with Crippen LogP contribution in [0.25, 0.3) is 16.5 Å². The van der Waals surface area contributed by atoms with Gasteiger partial charge >= 0.3 is 5.69 Å². The summed E-state index contributed by atoms with van der Waals surface area (Å²) < 4.78 is 8.33. The maximum absolute atomic E-state index is 12.3. The van der Waals surface area contributed by atoms with Crippen LogP contribution in [0, 0.1) is 13.8 Å². The topological polar surface area (TPSA) is 138 Å². The lowest BCUT2D eigenvalue weighted by Crippen LogP contribution is -2.33. The number of aromatic nitrogens is 5. The van der Waals surface area contributed by atoms with Gasteiger partial charge in [-0.25, -0.2) is 9.48 Å². The number of fused-ring (bicyclic) bond motifs is 1. The zero-order valence-electron chi connectivity index (χ0n) is 16.5. The number of hydrogen-bond acceptors (Lipinski definition) is 7. The lowest BCUT2D eigenvalue weighted by atomic mass is 10.1. The number of nitrogens with two attached hydrogens (primary N) is 1. The number of ether oxygens (including phenoxy) is 1. The van der Waals surface area contributed by atoms with Gasteiger partial charge in [-0.05, 0) is 49.2 Å². The van der Waals surface area contributed by atoms with E-state index >= 15 is 0 Å². The van der Waals surface area contributed by atoms with E-state index in [-0.39, 0.29) is 17.3 Å². The van der Waals surface area contributed by atoms with Crippen LogP contribution in [0.15, 0.2) is 50.8 Å². The Labute approximate surface area is 169 Å². The Morgan fingerprint density at radius 1 is 1.00 bits per heavy atom. The predicted octanol–water partition coefficient (Wildman–Crippen LogP) is 1.16. The third-order valence-corrected chi connectivity index (χ3v) is 4.66. The molecule has 0 unspecified atom stereocenters. The highest BCUT2D eigenvalue weighted by Crippen LogP contribution is 2.32. The molecular formula is C20H18N6O4. The molecule has 0 bridgehead atoms. The fraction of sp³-hybridized carbons (Fsp3) is 0.150. The van der Waals surface area contributed by atoms with Crippen LogP contribution in [0.1, 0.15) is 11.1 Å². The van der Waals surface area contributed by atoms with Crippen molar-refractivity contribution in [3.05, 3.63) is 78.7 Å². The number of H-pyrrole nitrogens is 1. The standard InChI is InChI=1S/C20H18N6O4/c1-10-8-12(26-20(29)22-17(27)16(21)23-26)9-11(2)15(10)30-18-13-6-4-5-7-14(13)19(28)25(3)24-18/h4-9H,1-3H3,(H2,21,23)(H,22,27,29). The molecule has 0 fully saturated rings. The van der Waals surface area contributed by atoms with Gasteiger partial charge in [-0.3, -0.25) is 14.6 Å². The summed E-state index contributed by atoms with van der Waals surface area (Å²) in [5, 5.41) is 9.19. The average molecular weight is 406 g/mol. The molecule has 0 radical (unpaired) electrons. The second kappa shape index (κ2) is 6.99. The highest BCUT2D eigenvalue weighted by atomic mass is 16.5. The van der Waals surface area contributed by atoms with Crippen molar-refractivity contribution in [2.45, 2.75) is 13.8 Å². The largest absolute Gasteiger partial charge is 0.437 e. The van der Waals surface area contributed by atoms with E-state index in [0.29, 0.717) is 33.3 Å². The first-order valence-electron chi connectivity index (χ1n) is 9.01. The second-order valence-electron chi connectivity index (χ2n) is 6.85. The average Bonchev–Trinajstić information content (AvgIpc) is 2.71. The Kier molecular flexibility index (Phi) is 4.46. The van der Waals surface area contributed by atoms with Gasteiger partial charge in [-0.15, -0.1) is 10.2 Å². The van der Waals surface area contributed by atoms with Gasteiger partial charge in [0.1, 0.15) is 5.75 Å². The molecule has 0 aliphatic rings.